The van der Waals surface area contributed by atoms with Gasteiger partial charge < -0.3 is 4.57 Å². The Morgan fingerprint density at radius 1 is 0.706 bits per heavy atom. The zero-order chi connectivity index (χ0) is 23.5. The van der Waals surface area contributed by atoms with Crippen LogP contribution >= 0.6 is 15.9 Å². The number of nitrogens with zero attached hydrogens (tertiary/aromatic N) is 2. The summed E-state index contributed by atoms with van der Waals surface area (Å²) in [4.78, 5) is 4.91. The molecular weight excluding hydrogens is 480 g/mol. The van der Waals surface area contributed by atoms with Gasteiger partial charge in [-0.3, -0.25) is 4.99 Å². The van der Waals surface area contributed by atoms with Gasteiger partial charge in [0.25, 0.3) is 0 Å². The molecule has 0 aliphatic heterocycles. The highest BCUT2D eigenvalue weighted by atomic mass is 79.9. The second-order valence-electron chi connectivity index (χ2n) is 8.43. The number of aliphatic imine (C=N–C) groups is 1. The molecule has 0 saturated carbocycles. The normalized spacial score (nSPS) is 11.3. The summed E-state index contributed by atoms with van der Waals surface area (Å²) in [6, 6.07) is 38.2. The Hall–Kier alpha value is -3.69. The molecule has 0 unspecified atom stereocenters. The first-order valence-electron chi connectivity index (χ1n) is 11.3. The van der Waals surface area contributed by atoms with E-state index in [2.05, 4.69) is 144 Å². The molecule has 5 aromatic rings. The van der Waals surface area contributed by atoms with E-state index >= 15 is 0 Å². The van der Waals surface area contributed by atoms with Crippen LogP contribution in [-0.4, -0.2) is 10.8 Å². The average Bonchev–Trinajstić information content (AvgIpc) is 3.24. The molecule has 0 aliphatic rings. The van der Waals surface area contributed by atoms with E-state index in [4.69, 9.17) is 4.99 Å². The lowest BCUT2D eigenvalue weighted by Gasteiger charge is -2.15. The average molecular weight is 505 g/mol. The first-order valence-corrected chi connectivity index (χ1v) is 12.1. The molecule has 166 valence electrons. The van der Waals surface area contributed by atoms with Gasteiger partial charge in [0, 0.05) is 21.9 Å². The SMILES string of the molecule is Cc1ccc(N=Cc2cc(-c3ccccc3)n(-c3ccc(Br)cc3)c2-c2ccccc2)c(C)c1. The lowest BCUT2D eigenvalue weighted by atomic mass is 10.1. The predicted molar refractivity (Wildman–Crippen MR) is 148 cm³/mol. The van der Waals surface area contributed by atoms with E-state index in [0.717, 1.165) is 43.9 Å². The van der Waals surface area contributed by atoms with E-state index < -0.39 is 0 Å². The second kappa shape index (κ2) is 9.66. The Bertz CT molecular complexity index is 1450. The summed E-state index contributed by atoms with van der Waals surface area (Å²) in [6.07, 6.45) is 2.00. The Labute approximate surface area is 209 Å². The standard InChI is InChI=1S/C31H25BrN2/c1-22-13-18-29(23(2)19-22)33-21-26-20-30(24-9-5-3-6-10-24)34(28-16-14-27(32)15-17-28)31(26)25-11-7-4-8-12-25/h3-21H,1-2H3. The highest BCUT2D eigenvalue weighted by Gasteiger charge is 2.18. The van der Waals surface area contributed by atoms with Crippen molar-refractivity contribution in [2.24, 2.45) is 4.99 Å². The zero-order valence-corrected chi connectivity index (χ0v) is 20.8. The van der Waals surface area contributed by atoms with Crippen molar-refractivity contribution in [3.05, 3.63) is 130 Å². The van der Waals surface area contributed by atoms with Crippen LogP contribution in [0.15, 0.2) is 119 Å². The summed E-state index contributed by atoms with van der Waals surface area (Å²) in [5, 5.41) is 0. The lowest BCUT2D eigenvalue weighted by Crippen LogP contribution is -2.00. The summed E-state index contributed by atoms with van der Waals surface area (Å²) in [5.41, 5.74) is 10.1. The van der Waals surface area contributed by atoms with Crippen LogP contribution in [0.25, 0.3) is 28.2 Å². The maximum absolute atomic E-state index is 4.91. The molecule has 4 aromatic carbocycles. The Balaban J connectivity index is 1.77. The van der Waals surface area contributed by atoms with Crippen molar-refractivity contribution in [2.75, 3.05) is 0 Å². The molecule has 2 nitrogen and oxygen atoms in total. The van der Waals surface area contributed by atoms with E-state index in [0.29, 0.717) is 0 Å². The van der Waals surface area contributed by atoms with Crippen LogP contribution in [0.3, 0.4) is 0 Å². The van der Waals surface area contributed by atoms with Crippen molar-refractivity contribution in [3.8, 4) is 28.2 Å². The molecule has 0 saturated heterocycles. The highest BCUT2D eigenvalue weighted by Crippen LogP contribution is 2.36. The third kappa shape index (κ3) is 4.52. The smallest absolute Gasteiger partial charge is 0.0659 e. The molecule has 0 amide bonds. The van der Waals surface area contributed by atoms with E-state index in [9.17, 15) is 0 Å². The van der Waals surface area contributed by atoms with Gasteiger partial charge in [0.1, 0.15) is 0 Å². The minimum atomic E-state index is 0.988. The number of hydrogen-bond donors (Lipinski definition) is 0. The molecule has 0 spiro atoms. The van der Waals surface area contributed by atoms with Gasteiger partial charge in [-0.2, -0.15) is 0 Å². The maximum Gasteiger partial charge on any atom is 0.0659 e. The van der Waals surface area contributed by atoms with Gasteiger partial charge in [0.2, 0.25) is 0 Å². The molecule has 0 fully saturated rings. The summed E-state index contributed by atoms with van der Waals surface area (Å²) in [6.45, 7) is 4.22. The minimum absolute atomic E-state index is 0.988. The van der Waals surface area contributed by atoms with Crippen molar-refractivity contribution in [1.82, 2.24) is 4.57 Å². The summed E-state index contributed by atoms with van der Waals surface area (Å²) < 4.78 is 3.39. The number of rotatable bonds is 5. The van der Waals surface area contributed by atoms with Crippen LogP contribution in [0.1, 0.15) is 16.7 Å². The number of hydrogen-bond acceptors (Lipinski definition) is 1. The van der Waals surface area contributed by atoms with E-state index in [1.54, 1.807) is 0 Å². The van der Waals surface area contributed by atoms with Crippen LogP contribution < -0.4 is 0 Å². The van der Waals surface area contributed by atoms with Gasteiger partial charge in [-0.25, -0.2) is 0 Å². The van der Waals surface area contributed by atoms with Crippen LogP contribution in [0.2, 0.25) is 0 Å². The van der Waals surface area contributed by atoms with Crippen molar-refractivity contribution in [1.29, 1.82) is 0 Å². The van der Waals surface area contributed by atoms with Crippen molar-refractivity contribution in [3.63, 3.8) is 0 Å². The third-order valence-corrected chi connectivity index (χ3v) is 6.46. The molecule has 1 aromatic heterocycles. The largest absolute Gasteiger partial charge is 0.309 e. The van der Waals surface area contributed by atoms with Crippen molar-refractivity contribution < 1.29 is 0 Å². The fourth-order valence-corrected chi connectivity index (χ4v) is 4.55. The zero-order valence-electron chi connectivity index (χ0n) is 19.2. The topological polar surface area (TPSA) is 17.3 Å². The Morgan fingerprint density at radius 3 is 2.00 bits per heavy atom. The second-order valence-corrected chi connectivity index (χ2v) is 9.34. The van der Waals surface area contributed by atoms with Gasteiger partial charge in [0.05, 0.1) is 17.1 Å². The van der Waals surface area contributed by atoms with Gasteiger partial charge in [-0.05, 0) is 66.9 Å². The molecule has 0 bridgehead atoms. The molecule has 0 N–H and O–H groups in total. The molecule has 0 aliphatic carbocycles. The van der Waals surface area contributed by atoms with Crippen LogP contribution in [0.4, 0.5) is 5.69 Å². The van der Waals surface area contributed by atoms with E-state index in [1.165, 1.54) is 11.1 Å². The lowest BCUT2D eigenvalue weighted by molar-refractivity contribution is 1.09. The quantitative estimate of drug-likeness (QED) is 0.212. The van der Waals surface area contributed by atoms with E-state index in [1.807, 2.05) is 6.21 Å². The molecule has 5 rings (SSSR count). The summed E-state index contributed by atoms with van der Waals surface area (Å²) >= 11 is 3.58. The van der Waals surface area contributed by atoms with Gasteiger partial charge in [0.15, 0.2) is 0 Å². The van der Waals surface area contributed by atoms with E-state index in [-0.39, 0.29) is 0 Å². The van der Waals surface area contributed by atoms with Gasteiger partial charge in [-0.15, -0.1) is 0 Å². The number of aromatic nitrogens is 1. The number of halogens is 1. The first-order chi connectivity index (χ1) is 16.6. The first kappa shape index (κ1) is 22.1. The van der Waals surface area contributed by atoms with Crippen molar-refractivity contribution in [2.45, 2.75) is 13.8 Å². The minimum Gasteiger partial charge on any atom is -0.309 e. The third-order valence-electron chi connectivity index (χ3n) is 5.93. The van der Waals surface area contributed by atoms with Crippen LogP contribution in [0, 0.1) is 13.8 Å². The van der Waals surface area contributed by atoms with Gasteiger partial charge in [-0.1, -0.05) is 94.3 Å². The van der Waals surface area contributed by atoms with Gasteiger partial charge >= 0.3 is 0 Å². The highest BCUT2D eigenvalue weighted by molar-refractivity contribution is 9.10. The van der Waals surface area contributed by atoms with Crippen LogP contribution in [0.5, 0.6) is 0 Å². The van der Waals surface area contributed by atoms with Crippen LogP contribution in [-0.2, 0) is 0 Å². The maximum atomic E-state index is 4.91. The Morgan fingerprint density at radius 2 is 1.35 bits per heavy atom. The number of aryl methyl sites for hydroxylation is 2. The monoisotopic (exact) mass is 504 g/mol. The predicted octanol–water partition coefficient (Wildman–Crippen LogP) is 8.94. The summed E-state index contributed by atoms with van der Waals surface area (Å²) in [7, 11) is 0. The van der Waals surface area contributed by atoms with Crippen molar-refractivity contribution >= 4 is 27.8 Å². The molecular formula is C31H25BrN2. The molecule has 0 atom stereocenters. The molecule has 1 heterocycles. The molecule has 0 radical (unpaired) electrons. The fraction of sp³-hybridized carbons (Fsp3) is 0.0645. The molecule has 34 heavy (non-hydrogen) atoms. The summed E-state index contributed by atoms with van der Waals surface area (Å²) in [5.74, 6) is 0. The fourth-order valence-electron chi connectivity index (χ4n) is 4.29. The Kier molecular flexibility index (Phi) is 6.29. The number of benzene rings is 4. The molecule has 3 heteroatoms.